The Hall–Kier alpha value is -0.740. The van der Waals surface area contributed by atoms with Gasteiger partial charge in [-0.2, -0.15) is 0 Å². The Morgan fingerprint density at radius 3 is 2.57 bits per heavy atom. The summed E-state index contributed by atoms with van der Waals surface area (Å²) >= 11 is 3.40. The van der Waals surface area contributed by atoms with Crippen LogP contribution >= 0.6 is 15.9 Å². The molecule has 0 unspecified atom stereocenters. The van der Waals surface area contributed by atoms with Crippen molar-refractivity contribution in [1.29, 1.82) is 0 Å². The number of benzene rings is 1. The number of ether oxygens (including phenoxy) is 2. The molecule has 0 radical (unpaired) electrons. The minimum absolute atomic E-state index is 0.456. The van der Waals surface area contributed by atoms with Crippen LogP contribution in [0, 0.1) is 0 Å². The third-order valence-electron chi connectivity index (χ3n) is 1.85. The highest BCUT2D eigenvalue weighted by Gasteiger charge is 2.08. The molecule has 0 saturated carbocycles. The molecule has 0 spiro atoms. The molecule has 0 aliphatic carbocycles. The molecule has 0 aliphatic rings. The predicted octanol–water partition coefficient (Wildman–Crippen LogP) is 2.32. The molecule has 14 heavy (non-hydrogen) atoms. The van der Waals surface area contributed by atoms with Crippen molar-refractivity contribution in [3.05, 3.63) is 22.2 Å². The molecule has 0 fully saturated rings. The van der Waals surface area contributed by atoms with Crippen molar-refractivity contribution in [2.75, 3.05) is 13.7 Å². The lowest BCUT2D eigenvalue weighted by atomic mass is 10.2. The molecule has 0 aromatic heterocycles. The van der Waals surface area contributed by atoms with Gasteiger partial charge >= 0.3 is 0 Å². The quantitative estimate of drug-likeness (QED) is 0.903. The highest BCUT2D eigenvalue weighted by Crippen LogP contribution is 2.32. The van der Waals surface area contributed by atoms with Crippen LogP contribution in [0.4, 0.5) is 0 Å². The largest absolute Gasteiger partial charge is 0.495 e. The molecule has 1 aromatic carbocycles. The topological polar surface area (TPSA) is 44.5 Å². The zero-order valence-electron chi connectivity index (χ0n) is 8.34. The minimum Gasteiger partial charge on any atom is -0.495 e. The van der Waals surface area contributed by atoms with E-state index in [9.17, 15) is 0 Å². The van der Waals surface area contributed by atoms with E-state index in [1.807, 2.05) is 19.1 Å². The Morgan fingerprint density at radius 1 is 1.36 bits per heavy atom. The van der Waals surface area contributed by atoms with E-state index in [4.69, 9.17) is 15.2 Å². The maximum absolute atomic E-state index is 5.60. The van der Waals surface area contributed by atoms with Gasteiger partial charge in [0, 0.05) is 18.2 Å². The van der Waals surface area contributed by atoms with Gasteiger partial charge in [0.2, 0.25) is 0 Å². The van der Waals surface area contributed by atoms with Gasteiger partial charge in [0.05, 0.1) is 18.2 Å². The summed E-state index contributed by atoms with van der Waals surface area (Å²) in [5.41, 5.74) is 6.57. The van der Waals surface area contributed by atoms with Crippen molar-refractivity contribution >= 4 is 15.9 Å². The Morgan fingerprint density at radius 2 is 2.07 bits per heavy atom. The zero-order valence-corrected chi connectivity index (χ0v) is 9.93. The molecule has 1 aromatic rings. The second-order valence-electron chi connectivity index (χ2n) is 2.73. The van der Waals surface area contributed by atoms with Crippen molar-refractivity contribution in [3.8, 4) is 11.5 Å². The van der Waals surface area contributed by atoms with Gasteiger partial charge in [-0.1, -0.05) is 0 Å². The fourth-order valence-corrected chi connectivity index (χ4v) is 1.73. The fraction of sp³-hybridized carbons (Fsp3) is 0.400. The maximum atomic E-state index is 5.60. The molecular weight excluding hydrogens is 246 g/mol. The normalized spacial score (nSPS) is 10.0. The molecule has 4 heteroatoms. The molecule has 3 nitrogen and oxygen atoms in total. The smallest absolute Gasteiger partial charge is 0.136 e. The summed E-state index contributed by atoms with van der Waals surface area (Å²) in [6.07, 6.45) is 0. The van der Waals surface area contributed by atoms with Crippen LogP contribution in [0.1, 0.15) is 12.5 Å². The highest BCUT2D eigenvalue weighted by molar-refractivity contribution is 9.10. The Kier molecular flexibility index (Phi) is 4.22. The summed E-state index contributed by atoms with van der Waals surface area (Å²) in [4.78, 5) is 0. The highest BCUT2D eigenvalue weighted by atomic mass is 79.9. The maximum Gasteiger partial charge on any atom is 0.136 e. The number of nitrogens with two attached hydrogens (primary N) is 1. The van der Waals surface area contributed by atoms with E-state index in [2.05, 4.69) is 15.9 Å². The summed E-state index contributed by atoms with van der Waals surface area (Å²) in [6.45, 7) is 3.02. The number of hydrogen-bond acceptors (Lipinski definition) is 3. The summed E-state index contributed by atoms with van der Waals surface area (Å²) in [6, 6.07) is 3.76. The standard InChI is InChI=1S/C10H14BrNO2/c1-3-14-9-5-10(13-2)8(11)4-7(9)6-12/h4-5H,3,6,12H2,1-2H3. The van der Waals surface area contributed by atoms with Crippen LogP contribution in [0.15, 0.2) is 16.6 Å². The molecule has 1 rings (SSSR count). The van der Waals surface area contributed by atoms with Gasteiger partial charge in [0.25, 0.3) is 0 Å². The fourth-order valence-electron chi connectivity index (χ4n) is 1.18. The zero-order chi connectivity index (χ0) is 10.6. The first kappa shape index (κ1) is 11.3. The SMILES string of the molecule is CCOc1cc(OC)c(Br)cc1CN. The monoisotopic (exact) mass is 259 g/mol. The first-order valence-corrected chi connectivity index (χ1v) is 5.21. The lowest BCUT2D eigenvalue weighted by molar-refractivity contribution is 0.332. The number of methoxy groups -OCH3 is 1. The van der Waals surface area contributed by atoms with Crippen molar-refractivity contribution in [1.82, 2.24) is 0 Å². The van der Waals surface area contributed by atoms with Gasteiger partial charge in [0.1, 0.15) is 11.5 Å². The molecule has 0 atom stereocenters. The van der Waals surface area contributed by atoms with Gasteiger partial charge < -0.3 is 15.2 Å². The second-order valence-corrected chi connectivity index (χ2v) is 3.59. The Labute approximate surface area is 92.3 Å². The van der Waals surface area contributed by atoms with Gasteiger partial charge in [-0.15, -0.1) is 0 Å². The summed E-state index contributed by atoms with van der Waals surface area (Å²) < 4.78 is 11.5. The molecular formula is C10H14BrNO2. The summed E-state index contributed by atoms with van der Waals surface area (Å²) in [5.74, 6) is 1.54. The van der Waals surface area contributed by atoms with E-state index < -0.39 is 0 Å². The molecule has 0 bridgehead atoms. The third kappa shape index (κ3) is 2.39. The van der Waals surface area contributed by atoms with Crippen molar-refractivity contribution < 1.29 is 9.47 Å². The summed E-state index contributed by atoms with van der Waals surface area (Å²) in [5, 5.41) is 0. The average Bonchev–Trinajstić information content (AvgIpc) is 2.20. The van der Waals surface area contributed by atoms with Crippen molar-refractivity contribution in [2.24, 2.45) is 5.73 Å². The molecule has 78 valence electrons. The van der Waals surface area contributed by atoms with E-state index >= 15 is 0 Å². The lowest BCUT2D eigenvalue weighted by Gasteiger charge is -2.12. The van der Waals surface area contributed by atoms with Crippen LogP contribution < -0.4 is 15.2 Å². The van der Waals surface area contributed by atoms with E-state index in [0.717, 1.165) is 21.5 Å². The van der Waals surface area contributed by atoms with Gasteiger partial charge in [-0.05, 0) is 28.9 Å². The first-order chi connectivity index (χ1) is 6.72. The van der Waals surface area contributed by atoms with Gasteiger partial charge in [0.15, 0.2) is 0 Å². The Balaban J connectivity index is 3.11. The average molecular weight is 260 g/mol. The van der Waals surface area contributed by atoms with E-state index in [1.165, 1.54) is 0 Å². The van der Waals surface area contributed by atoms with Crippen LogP contribution in [0.5, 0.6) is 11.5 Å². The Bertz CT molecular complexity index is 315. The number of hydrogen-bond donors (Lipinski definition) is 1. The van der Waals surface area contributed by atoms with Crippen LogP contribution in [0.25, 0.3) is 0 Å². The predicted molar refractivity (Wildman–Crippen MR) is 59.8 cm³/mol. The van der Waals surface area contributed by atoms with Crippen LogP contribution in [-0.2, 0) is 6.54 Å². The molecule has 0 amide bonds. The minimum atomic E-state index is 0.456. The first-order valence-electron chi connectivity index (χ1n) is 4.42. The lowest BCUT2D eigenvalue weighted by Crippen LogP contribution is -2.02. The molecule has 0 heterocycles. The van der Waals surface area contributed by atoms with Crippen molar-refractivity contribution in [2.45, 2.75) is 13.5 Å². The van der Waals surface area contributed by atoms with Gasteiger partial charge in [-0.3, -0.25) is 0 Å². The summed E-state index contributed by atoms with van der Waals surface area (Å²) in [7, 11) is 1.62. The molecule has 0 saturated heterocycles. The van der Waals surface area contributed by atoms with E-state index in [0.29, 0.717) is 13.2 Å². The second kappa shape index (κ2) is 5.22. The van der Waals surface area contributed by atoms with E-state index in [-0.39, 0.29) is 0 Å². The number of halogens is 1. The van der Waals surface area contributed by atoms with Crippen LogP contribution in [0.2, 0.25) is 0 Å². The van der Waals surface area contributed by atoms with Crippen LogP contribution in [0.3, 0.4) is 0 Å². The van der Waals surface area contributed by atoms with E-state index in [1.54, 1.807) is 7.11 Å². The van der Waals surface area contributed by atoms with Gasteiger partial charge in [-0.25, -0.2) is 0 Å². The molecule has 0 aliphatic heterocycles. The van der Waals surface area contributed by atoms with Crippen LogP contribution in [-0.4, -0.2) is 13.7 Å². The molecule has 2 N–H and O–H groups in total. The third-order valence-corrected chi connectivity index (χ3v) is 2.47. The van der Waals surface area contributed by atoms with Crippen molar-refractivity contribution in [3.63, 3.8) is 0 Å². The number of rotatable bonds is 4.